The highest BCUT2D eigenvalue weighted by Crippen LogP contribution is 2.23. The quantitative estimate of drug-likeness (QED) is 0.219. The molecule has 1 amide bonds. The Morgan fingerprint density at radius 2 is 1.59 bits per heavy atom. The number of carbonyl (C=O) groups is 1. The number of nitrogens with zero attached hydrogens (tertiary/aromatic N) is 4. The third-order valence-electron chi connectivity index (χ3n) is 7.89. The fourth-order valence-electron chi connectivity index (χ4n) is 5.44. The first-order chi connectivity index (χ1) is 18.8. The van der Waals surface area contributed by atoms with Crippen LogP contribution < -0.4 is 0 Å². The van der Waals surface area contributed by atoms with Crippen molar-refractivity contribution >= 4 is 28.5 Å². The molecular formula is C33H47ClN4O. The first-order valence-electron chi connectivity index (χ1n) is 15.1. The van der Waals surface area contributed by atoms with Crippen molar-refractivity contribution in [3.05, 3.63) is 64.4 Å². The van der Waals surface area contributed by atoms with Gasteiger partial charge in [-0.25, -0.2) is 4.98 Å². The van der Waals surface area contributed by atoms with Crippen LogP contribution in [0.5, 0.6) is 0 Å². The van der Waals surface area contributed by atoms with Crippen molar-refractivity contribution in [2.24, 2.45) is 11.8 Å². The molecule has 0 unspecified atom stereocenters. The molecule has 1 aliphatic heterocycles. The second-order valence-corrected chi connectivity index (χ2v) is 12.5. The zero-order chi connectivity index (χ0) is 27.8. The van der Waals surface area contributed by atoms with E-state index in [9.17, 15) is 4.79 Å². The maximum atomic E-state index is 13.8. The average molecular weight is 551 g/mol. The van der Waals surface area contributed by atoms with Gasteiger partial charge in [0.1, 0.15) is 5.82 Å². The molecule has 0 saturated carbocycles. The van der Waals surface area contributed by atoms with E-state index in [4.69, 9.17) is 16.6 Å². The molecule has 4 rings (SSSR count). The van der Waals surface area contributed by atoms with E-state index in [0.717, 1.165) is 79.3 Å². The van der Waals surface area contributed by atoms with Crippen LogP contribution in [0, 0.1) is 11.8 Å². The van der Waals surface area contributed by atoms with Crippen molar-refractivity contribution in [2.75, 3.05) is 32.7 Å². The summed E-state index contributed by atoms with van der Waals surface area (Å²) < 4.78 is 2.36. The maximum absolute atomic E-state index is 13.8. The van der Waals surface area contributed by atoms with Gasteiger partial charge in [0.05, 0.1) is 11.0 Å². The molecule has 0 bridgehead atoms. The molecule has 39 heavy (non-hydrogen) atoms. The Morgan fingerprint density at radius 1 is 0.923 bits per heavy atom. The topological polar surface area (TPSA) is 41.4 Å². The number of hydrogen-bond acceptors (Lipinski definition) is 3. The van der Waals surface area contributed by atoms with Gasteiger partial charge in [-0.1, -0.05) is 57.8 Å². The fraction of sp³-hybridized carbons (Fsp3) is 0.576. The number of imidazole rings is 1. The predicted octanol–water partition coefficient (Wildman–Crippen LogP) is 7.69. The predicted molar refractivity (Wildman–Crippen MR) is 164 cm³/mol. The molecule has 2 aromatic carbocycles. The van der Waals surface area contributed by atoms with Crippen molar-refractivity contribution < 1.29 is 4.79 Å². The van der Waals surface area contributed by atoms with Gasteiger partial charge in [-0.15, -0.1) is 0 Å². The third-order valence-corrected chi connectivity index (χ3v) is 8.15. The Labute approximate surface area is 240 Å². The standard InChI is InChI=1S/C33H47ClN4O/c1-25(2)15-21-37(22-16-26(3)4)33(39)28-11-14-30-31(24-28)38(20-8-19-36-17-6-5-7-18-36)32(35-30)23-27-9-12-29(34)13-10-27/h9-14,24-26H,5-8,15-23H2,1-4H3. The number of aromatic nitrogens is 2. The molecule has 0 atom stereocenters. The number of aryl methyl sites for hydroxylation is 1. The number of halogens is 1. The molecule has 0 spiro atoms. The number of fused-ring (bicyclic) bond motifs is 1. The van der Waals surface area contributed by atoms with Crippen LogP contribution in [0.1, 0.15) is 88.0 Å². The minimum atomic E-state index is 0.138. The summed E-state index contributed by atoms with van der Waals surface area (Å²) in [4.78, 5) is 23.5. The van der Waals surface area contributed by atoms with Crippen molar-refractivity contribution in [1.82, 2.24) is 19.4 Å². The van der Waals surface area contributed by atoms with Gasteiger partial charge in [0.25, 0.3) is 5.91 Å². The molecule has 0 aliphatic carbocycles. The van der Waals surface area contributed by atoms with Crippen LogP contribution >= 0.6 is 11.6 Å². The highest BCUT2D eigenvalue weighted by molar-refractivity contribution is 6.30. The SMILES string of the molecule is CC(C)CCN(CCC(C)C)C(=O)c1ccc2nc(Cc3ccc(Cl)cc3)n(CCCN3CCCCC3)c2c1. The van der Waals surface area contributed by atoms with E-state index in [2.05, 4.69) is 60.3 Å². The van der Waals surface area contributed by atoms with E-state index < -0.39 is 0 Å². The lowest BCUT2D eigenvalue weighted by atomic mass is 10.1. The Bertz CT molecular complexity index is 1180. The summed E-state index contributed by atoms with van der Waals surface area (Å²) in [5, 5.41) is 0.747. The third kappa shape index (κ3) is 8.56. The summed E-state index contributed by atoms with van der Waals surface area (Å²) in [5.41, 5.74) is 3.99. The van der Waals surface area contributed by atoms with Crippen molar-refractivity contribution in [3.8, 4) is 0 Å². The lowest BCUT2D eigenvalue weighted by Crippen LogP contribution is -2.34. The fourth-order valence-corrected chi connectivity index (χ4v) is 5.56. The summed E-state index contributed by atoms with van der Waals surface area (Å²) in [6.45, 7) is 14.9. The van der Waals surface area contributed by atoms with E-state index in [1.807, 2.05) is 24.3 Å². The minimum absolute atomic E-state index is 0.138. The van der Waals surface area contributed by atoms with Crippen LogP contribution in [0.2, 0.25) is 5.02 Å². The molecule has 0 N–H and O–H groups in total. The van der Waals surface area contributed by atoms with Crippen molar-refractivity contribution in [2.45, 2.75) is 79.2 Å². The summed E-state index contributed by atoms with van der Waals surface area (Å²) >= 11 is 6.14. The highest BCUT2D eigenvalue weighted by atomic mass is 35.5. The molecule has 5 nitrogen and oxygen atoms in total. The van der Waals surface area contributed by atoms with Gasteiger partial charge in [0.2, 0.25) is 0 Å². The van der Waals surface area contributed by atoms with Gasteiger partial charge in [-0.3, -0.25) is 4.79 Å². The lowest BCUT2D eigenvalue weighted by molar-refractivity contribution is 0.0741. The van der Waals surface area contributed by atoms with E-state index in [-0.39, 0.29) is 5.91 Å². The van der Waals surface area contributed by atoms with Gasteiger partial charge >= 0.3 is 0 Å². The van der Waals surface area contributed by atoms with Crippen molar-refractivity contribution in [1.29, 1.82) is 0 Å². The Balaban J connectivity index is 1.61. The summed E-state index contributed by atoms with van der Waals surface area (Å²) in [5.74, 6) is 2.32. The lowest BCUT2D eigenvalue weighted by Gasteiger charge is -2.26. The van der Waals surface area contributed by atoms with E-state index in [1.54, 1.807) is 0 Å². The zero-order valence-corrected chi connectivity index (χ0v) is 25.2. The number of benzene rings is 2. The number of hydrogen-bond donors (Lipinski definition) is 0. The van der Waals surface area contributed by atoms with Crippen molar-refractivity contribution in [3.63, 3.8) is 0 Å². The molecule has 1 aliphatic rings. The molecule has 3 aromatic rings. The summed E-state index contributed by atoms with van der Waals surface area (Å²) in [6, 6.07) is 14.2. The van der Waals surface area contributed by atoms with Gasteiger partial charge in [-0.2, -0.15) is 0 Å². The number of piperidine rings is 1. The number of rotatable bonds is 13. The molecular weight excluding hydrogens is 504 g/mol. The summed E-state index contributed by atoms with van der Waals surface area (Å²) in [7, 11) is 0. The van der Waals surface area contributed by atoms with E-state index in [1.165, 1.54) is 37.9 Å². The molecule has 0 radical (unpaired) electrons. The monoisotopic (exact) mass is 550 g/mol. The van der Waals surface area contributed by atoms with Crippen LogP contribution in [0.3, 0.4) is 0 Å². The van der Waals surface area contributed by atoms with Crippen LogP contribution in [-0.4, -0.2) is 58.0 Å². The molecule has 1 aromatic heterocycles. The van der Waals surface area contributed by atoms with E-state index in [0.29, 0.717) is 11.8 Å². The number of carbonyl (C=O) groups excluding carboxylic acids is 1. The number of amides is 1. The maximum Gasteiger partial charge on any atom is 0.253 e. The van der Waals surface area contributed by atoms with Crippen LogP contribution in [-0.2, 0) is 13.0 Å². The first kappa shape index (κ1) is 29.6. The van der Waals surface area contributed by atoms with Crippen LogP contribution in [0.25, 0.3) is 11.0 Å². The Morgan fingerprint density at radius 3 is 2.23 bits per heavy atom. The molecule has 2 heterocycles. The van der Waals surface area contributed by atoms with Gasteiger partial charge in [0, 0.05) is 36.6 Å². The Kier molecular flexibility index (Phi) is 10.9. The van der Waals surface area contributed by atoms with Gasteiger partial charge in [-0.05, 0) is 99.5 Å². The molecule has 1 saturated heterocycles. The smallest absolute Gasteiger partial charge is 0.253 e. The second-order valence-electron chi connectivity index (χ2n) is 12.1. The van der Waals surface area contributed by atoms with E-state index >= 15 is 0 Å². The normalized spacial score (nSPS) is 14.5. The number of likely N-dealkylation sites (tertiary alicyclic amines) is 1. The average Bonchev–Trinajstić information content (AvgIpc) is 3.26. The molecule has 1 fully saturated rings. The largest absolute Gasteiger partial charge is 0.339 e. The van der Waals surface area contributed by atoms with Gasteiger partial charge < -0.3 is 14.4 Å². The zero-order valence-electron chi connectivity index (χ0n) is 24.5. The van der Waals surface area contributed by atoms with Gasteiger partial charge in [0.15, 0.2) is 0 Å². The highest BCUT2D eigenvalue weighted by Gasteiger charge is 2.20. The summed E-state index contributed by atoms with van der Waals surface area (Å²) in [6.07, 6.45) is 7.84. The minimum Gasteiger partial charge on any atom is -0.339 e. The first-order valence-corrected chi connectivity index (χ1v) is 15.4. The second kappa shape index (κ2) is 14.3. The molecule has 6 heteroatoms. The Hall–Kier alpha value is -2.37. The molecule has 212 valence electrons. The van der Waals surface area contributed by atoms with Crippen LogP contribution in [0.15, 0.2) is 42.5 Å². The van der Waals surface area contributed by atoms with Crippen LogP contribution in [0.4, 0.5) is 0 Å².